The quantitative estimate of drug-likeness (QED) is 0.746. The largest absolute Gasteiger partial charge is 0.497 e. The van der Waals surface area contributed by atoms with Gasteiger partial charge in [0.05, 0.1) is 12.6 Å². The Morgan fingerprint density at radius 2 is 2.27 bits per heavy atom. The molecule has 4 nitrogen and oxygen atoms in total. The highest BCUT2D eigenvalue weighted by Crippen LogP contribution is 2.25. The zero-order chi connectivity index (χ0) is 10.8. The third-order valence-corrected chi connectivity index (χ3v) is 2.49. The summed E-state index contributed by atoms with van der Waals surface area (Å²) in [5.74, 6) is 0.784. The first-order valence-corrected chi connectivity index (χ1v) is 4.83. The van der Waals surface area contributed by atoms with Gasteiger partial charge in [-0.3, -0.25) is 0 Å². The lowest BCUT2D eigenvalue weighted by atomic mass is 10.1. The van der Waals surface area contributed by atoms with Gasteiger partial charge in [-0.25, -0.2) is 0 Å². The molecule has 0 atom stereocenters. The van der Waals surface area contributed by atoms with Crippen LogP contribution >= 0.6 is 0 Å². The average Bonchev–Trinajstić information content (AvgIpc) is 2.56. The molecule has 0 aliphatic rings. The predicted molar refractivity (Wildman–Crippen MR) is 58.4 cm³/mol. The number of nitrogens with zero attached hydrogens (tertiary/aromatic N) is 1. The fourth-order valence-electron chi connectivity index (χ4n) is 1.74. The maximum absolute atomic E-state index is 9.62. The summed E-state index contributed by atoms with van der Waals surface area (Å²) < 4.78 is 6.27. The summed E-state index contributed by atoms with van der Waals surface area (Å²) in [4.78, 5) is 0. The molecule has 1 aromatic carbocycles. The number of hydrogen-bond acceptors (Lipinski definition) is 3. The number of hydrogen-bond donors (Lipinski definition) is 2. The van der Waals surface area contributed by atoms with Crippen molar-refractivity contribution in [3.63, 3.8) is 0 Å². The maximum atomic E-state index is 9.62. The smallest absolute Gasteiger partial charge is 0.119 e. The van der Waals surface area contributed by atoms with E-state index in [0.29, 0.717) is 6.54 Å². The molecule has 0 saturated heterocycles. The Bertz CT molecular complexity index is 477. The third kappa shape index (κ3) is 1.64. The molecule has 0 radical (unpaired) electrons. The first-order chi connectivity index (χ1) is 7.26. The van der Waals surface area contributed by atoms with Crippen molar-refractivity contribution in [3.8, 4) is 5.75 Å². The average molecular weight is 206 g/mol. The monoisotopic (exact) mass is 206 g/mol. The Balaban J connectivity index is 2.60. The van der Waals surface area contributed by atoms with Crippen molar-refractivity contribution >= 4 is 10.9 Å². The molecule has 0 unspecified atom stereocenters. The summed E-state index contributed by atoms with van der Waals surface area (Å²) in [6.07, 6.45) is 2.44. The second-order valence-corrected chi connectivity index (χ2v) is 3.42. The van der Waals surface area contributed by atoms with Gasteiger partial charge in [0.15, 0.2) is 0 Å². The first-order valence-electron chi connectivity index (χ1n) is 4.83. The van der Waals surface area contributed by atoms with Crippen LogP contribution in [0.1, 0.15) is 5.56 Å². The zero-order valence-corrected chi connectivity index (χ0v) is 8.60. The molecule has 3 N–H and O–H groups in total. The van der Waals surface area contributed by atoms with Gasteiger partial charge in [-0.15, -0.1) is 0 Å². The lowest BCUT2D eigenvalue weighted by Crippen LogP contribution is -2.01. The number of nitrogens with two attached hydrogens (primary N) is 1. The fourth-order valence-corrected chi connectivity index (χ4v) is 1.74. The van der Waals surface area contributed by atoms with E-state index in [4.69, 9.17) is 10.5 Å². The maximum Gasteiger partial charge on any atom is 0.119 e. The minimum atomic E-state index is 0.566. The number of ether oxygens (including phenoxy) is 1. The summed E-state index contributed by atoms with van der Waals surface area (Å²) >= 11 is 0. The SMILES string of the molecule is COc1ccc2c(c1)c(CCN)cn2O. The highest BCUT2D eigenvalue weighted by atomic mass is 16.5. The molecule has 2 aromatic rings. The minimum Gasteiger partial charge on any atom is -0.497 e. The molecule has 1 aromatic heterocycles. The molecule has 2 rings (SSSR count). The van der Waals surface area contributed by atoms with Crippen LogP contribution in [-0.4, -0.2) is 23.6 Å². The Morgan fingerprint density at radius 1 is 1.47 bits per heavy atom. The number of aromatic nitrogens is 1. The van der Waals surface area contributed by atoms with Crippen LogP contribution in [0.4, 0.5) is 0 Å². The predicted octanol–water partition coefficient (Wildman–Crippen LogP) is 1.39. The Kier molecular flexibility index (Phi) is 2.51. The van der Waals surface area contributed by atoms with Crippen molar-refractivity contribution in [2.75, 3.05) is 13.7 Å². The first kappa shape index (κ1) is 9.86. The fraction of sp³-hybridized carbons (Fsp3) is 0.273. The van der Waals surface area contributed by atoms with E-state index in [1.165, 1.54) is 0 Å². The third-order valence-electron chi connectivity index (χ3n) is 2.49. The van der Waals surface area contributed by atoms with Crippen LogP contribution in [0.5, 0.6) is 5.75 Å². The van der Waals surface area contributed by atoms with E-state index in [9.17, 15) is 5.21 Å². The molecule has 0 bridgehead atoms. The molecule has 80 valence electrons. The zero-order valence-electron chi connectivity index (χ0n) is 8.60. The number of rotatable bonds is 3. The lowest BCUT2D eigenvalue weighted by molar-refractivity contribution is 0.199. The molecule has 0 aliphatic carbocycles. The lowest BCUT2D eigenvalue weighted by Gasteiger charge is -2.00. The number of benzene rings is 1. The van der Waals surface area contributed by atoms with Crippen LogP contribution in [0.3, 0.4) is 0 Å². The van der Waals surface area contributed by atoms with Crippen LogP contribution in [-0.2, 0) is 6.42 Å². The van der Waals surface area contributed by atoms with Crippen molar-refractivity contribution < 1.29 is 9.94 Å². The second kappa shape index (κ2) is 3.82. The summed E-state index contributed by atoms with van der Waals surface area (Å²) in [5.41, 5.74) is 7.32. The van der Waals surface area contributed by atoms with Crippen molar-refractivity contribution in [1.29, 1.82) is 0 Å². The van der Waals surface area contributed by atoms with Crippen molar-refractivity contribution in [2.45, 2.75) is 6.42 Å². The van der Waals surface area contributed by atoms with E-state index < -0.39 is 0 Å². The van der Waals surface area contributed by atoms with Gasteiger partial charge in [-0.05, 0) is 36.7 Å². The molecule has 0 saturated carbocycles. The van der Waals surface area contributed by atoms with Crippen LogP contribution in [0, 0.1) is 0 Å². The van der Waals surface area contributed by atoms with Crippen LogP contribution in [0.2, 0.25) is 0 Å². The van der Waals surface area contributed by atoms with E-state index >= 15 is 0 Å². The molecule has 4 heteroatoms. The van der Waals surface area contributed by atoms with Crippen molar-refractivity contribution in [3.05, 3.63) is 30.0 Å². The van der Waals surface area contributed by atoms with E-state index in [2.05, 4.69) is 0 Å². The molecule has 0 spiro atoms. The highest BCUT2D eigenvalue weighted by Gasteiger charge is 2.08. The number of fused-ring (bicyclic) bond motifs is 1. The molecule has 0 amide bonds. The topological polar surface area (TPSA) is 60.4 Å². The standard InChI is InChI=1S/C11H14N2O2/c1-15-9-2-3-11-10(6-9)8(4-5-12)7-13(11)14/h2-3,6-7,14H,4-5,12H2,1H3. The van der Waals surface area contributed by atoms with Crippen molar-refractivity contribution in [2.24, 2.45) is 5.73 Å². The summed E-state index contributed by atoms with van der Waals surface area (Å²) in [5, 5.41) is 10.6. The molecule has 1 heterocycles. The second-order valence-electron chi connectivity index (χ2n) is 3.42. The van der Waals surface area contributed by atoms with Gasteiger partial charge in [0.1, 0.15) is 5.75 Å². The van der Waals surface area contributed by atoms with E-state index in [1.807, 2.05) is 18.2 Å². The van der Waals surface area contributed by atoms with Crippen LogP contribution < -0.4 is 10.5 Å². The van der Waals surface area contributed by atoms with Crippen LogP contribution in [0.15, 0.2) is 24.4 Å². The Labute approximate surface area is 87.8 Å². The molecular weight excluding hydrogens is 192 g/mol. The minimum absolute atomic E-state index is 0.566. The van der Waals surface area contributed by atoms with Gasteiger partial charge in [-0.2, -0.15) is 4.73 Å². The summed E-state index contributed by atoms with van der Waals surface area (Å²) in [6.45, 7) is 0.566. The number of methoxy groups -OCH3 is 1. The normalized spacial score (nSPS) is 10.8. The van der Waals surface area contributed by atoms with Gasteiger partial charge in [0.25, 0.3) is 0 Å². The van der Waals surface area contributed by atoms with Gasteiger partial charge in [0, 0.05) is 11.6 Å². The molecule has 15 heavy (non-hydrogen) atoms. The van der Waals surface area contributed by atoms with Gasteiger partial charge < -0.3 is 15.7 Å². The molecular formula is C11H14N2O2. The highest BCUT2D eigenvalue weighted by molar-refractivity contribution is 5.85. The van der Waals surface area contributed by atoms with Crippen molar-refractivity contribution in [1.82, 2.24) is 4.73 Å². The Hall–Kier alpha value is -1.68. The van der Waals surface area contributed by atoms with E-state index in [-0.39, 0.29) is 0 Å². The van der Waals surface area contributed by atoms with E-state index in [0.717, 1.165) is 33.4 Å². The molecule has 0 fully saturated rings. The Morgan fingerprint density at radius 3 is 2.93 bits per heavy atom. The van der Waals surface area contributed by atoms with E-state index in [1.54, 1.807) is 13.3 Å². The van der Waals surface area contributed by atoms with Gasteiger partial charge in [-0.1, -0.05) is 0 Å². The summed E-state index contributed by atoms with van der Waals surface area (Å²) in [6, 6.07) is 5.56. The summed E-state index contributed by atoms with van der Waals surface area (Å²) in [7, 11) is 1.62. The van der Waals surface area contributed by atoms with Gasteiger partial charge >= 0.3 is 0 Å². The van der Waals surface area contributed by atoms with Gasteiger partial charge in [0.2, 0.25) is 0 Å². The van der Waals surface area contributed by atoms with Crippen LogP contribution in [0.25, 0.3) is 10.9 Å². The molecule has 0 aliphatic heterocycles.